The summed E-state index contributed by atoms with van der Waals surface area (Å²) in [6.07, 6.45) is 0.732. The normalized spacial score (nSPS) is 16.4. The second-order valence-corrected chi connectivity index (χ2v) is 4.85. The molecule has 0 aromatic heterocycles. The fraction of sp³-hybridized carbons (Fsp3) is 0.235. The van der Waals surface area contributed by atoms with Gasteiger partial charge in [0.1, 0.15) is 5.75 Å². The van der Waals surface area contributed by atoms with Gasteiger partial charge in [-0.3, -0.25) is 4.79 Å². The first-order valence-electron chi connectivity index (χ1n) is 6.90. The molecule has 0 bridgehead atoms. The number of carbonyl (C=O) groups excluding carboxylic acids is 1. The molecule has 0 aliphatic carbocycles. The highest BCUT2D eigenvalue weighted by Gasteiger charge is 2.28. The van der Waals surface area contributed by atoms with Crippen molar-refractivity contribution in [1.29, 1.82) is 0 Å². The van der Waals surface area contributed by atoms with Crippen molar-refractivity contribution in [2.45, 2.75) is 19.4 Å². The van der Waals surface area contributed by atoms with Crippen LogP contribution in [0.5, 0.6) is 5.75 Å². The molecular formula is C17H17NO2. The van der Waals surface area contributed by atoms with E-state index in [0.29, 0.717) is 17.9 Å². The van der Waals surface area contributed by atoms with E-state index in [4.69, 9.17) is 4.74 Å². The molecule has 1 heterocycles. The van der Waals surface area contributed by atoms with Crippen LogP contribution in [0.1, 0.15) is 22.8 Å². The maximum atomic E-state index is 12.7. The topological polar surface area (TPSA) is 38.3 Å². The highest BCUT2D eigenvalue weighted by atomic mass is 16.5. The summed E-state index contributed by atoms with van der Waals surface area (Å²) in [5, 5.41) is 3.30. The maximum absolute atomic E-state index is 12.7. The molecule has 1 aliphatic heterocycles. The van der Waals surface area contributed by atoms with Crippen molar-refractivity contribution >= 4 is 11.5 Å². The first-order chi connectivity index (χ1) is 9.79. The monoisotopic (exact) mass is 267 g/mol. The molecule has 3 rings (SSSR count). The molecule has 102 valence electrons. The molecule has 1 unspecified atom stereocenters. The molecule has 0 spiro atoms. The summed E-state index contributed by atoms with van der Waals surface area (Å²) in [6, 6.07) is 15.3. The Morgan fingerprint density at radius 1 is 1.20 bits per heavy atom. The van der Waals surface area contributed by atoms with Gasteiger partial charge in [-0.05, 0) is 30.7 Å². The zero-order valence-corrected chi connectivity index (χ0v) is 11.4. The van der Waals surface area contributed by atoms with E-state index in [-0.39, 0.29) is 11.8 Å². The summed E-state index contributed by atoms with van der Waals surface area (Å²) in [7, 11) is 0. The van der Waals surface area contributed by atoms with Gasteiger partial charge in [-0.15, -0.1) is 0 Å². The number of fused-ring (bicyclic) bond motifs is 1. The predicted molar refractivity (Wildman–Crippen MR) is 79.5 cm³/mol. The van der Waals surface area contributed by atoms with Gasteiger partial charge in [-0.1, -0.05) is 30.3 Å². The summed E-state index contributed by atoms with van der Waals surface area (Å²) < 4.78 is 5.55. The Morgan fingerprint density at radius 2 is 1.95 bits per heavy atom. The minimum absolute atomic E-state index is 0.0882. The second-order valence-electron chi connectivity index (χ2n) is 4.85. The van der Waals surface area contributed by atoms with Gasteiger partial charge in [-0.25, -0.2) is 0 Å². The number of anilines is 1. The van der Waals surface area contributed by atoms with Crippen LogP contribution in [0.4, 0.5) is 5.69 Å². The lowest BCUT2D eigenvalue weighted by Gasteiger charge is -2.13. The van der Waals surface area contributed by atoms with E-state index in [1.54, 1.807) is 0 Å². The minimum Gasteiger partial charge on any atom is -0.493 e. The molecule has 2 aromatic carbocycles. The van der Waals surface area contributed by atoms with Crippen LogP contribution in [0.25, 0.3) is 0 Å². The fourth-order valence-corrected chi connectivity index (χ4v) is 2.60. The summed E-state index contributed by atoms with van der Waals surface area (Å²) >= 11 is 0. The quantitative estimate of drug-likeness (QED) is 0.864. The number of para-hydroxylation sites is 2. The van der Waals surface area contributed by atoms with Crippen LogP contribution in [0.3, 0.4) is 0 Å². The van der Waals surface area contributed by atoms with Crippen molar-refractivity contribution in [3.63, 3.8) is 0 Å². The van der Waals surface area contributed by atoms with Crippen molar-refractivity contribution in [3.05, 3.63) is 59.7 Å². The average Bonchev–Trinajstić information content (AvgIpc) is 2.91. The molecule has 0 saturated heterocycles. The van der Waals surface area contributed by atoms with E-state index < -0.39 is 0 Å². The zero-order valence-electron chi connectivity index (χ0n) is 11.4. The summed E-state index contributed by atoms with van der Waals surface area (Å²) in [6.45, 7) is 2.48. The van der Waals surface area contributed by atoms with E-state index in [9.17, 15) is 4.79 Å². The number of ether oxygens (including phenoxy) is 1. The molecule has 20 heavy (non-hydrogen) atoms. The van der Waals surface area contributed by atoms with Gasteiger partial charge in [0.05, 0.1) is 18.2 Å². The molecule has 0 radical (unpaired) electrons. The number of rotatable bonds is 4. The van der Waals surface area contributed by atoms with Crippen LogP contribution in [-0.4, -0.2) is 18.4 Å². The SMILES string of the molecule is CCOc1ccccc1C(=O)C1Cc2ccccc2N1. The van der Waals surface area contributed by atoms with Crippen molar-refractivity contribution in [3.8, 4) is 5.75 Å². The minimum atomic E-state index is -0.200. The second kappa shape index (κ2) is 5.37. The van der Waals surface area contributed by atoms with Gasteiger partial charge < -0.3 is 10.1 Å². The van der Waals surface area contributed by atoms with Crippen LogP contribution in [-0.2, 0) is 6.42 Å². The lowest BCUT2D eigenvalue weighted by atomic mass is 10.0. The lowest BCUT2D eigenvalue weighted by Crippen LogP contribution is -2.27. The van der Waals surface area contributed by atoms with E-state index >= 15 is 0 Å². The largest absolute Gasteiger partial charge is 0.493 e. The number of nitrogens with one attached hydrogen (secondary N) is 1. The van der Waals surface area contributed by atoms with Gasteiger partial charge in [0.25, 0.3) is 0 Å². The summed E-state index contributed by atoms with van der Waals surface area (Å²) in [4.78, 5) is 12.7. The third-order valence-corrected chi connectivity index (χ3v) is 3.54. The Bertz CT molecular complexity index is 611. The standard InChI is InChI=1S/C17H17NO2/c1-2-20-16-10-6-4-8-13(16)17(19)15-11-12-7-3-5-9-14(12)18-15/h3-10,15,18H,2,11H2,1H3. The molecule has 1 N–H and O–H groups in total. The van der Waals surface area contributed by atoms with Crippen LogP contribution in [0.2, 0.25) is 0 Å². The number of Topliss-reactive ketones (excluding diaryl/α,β-unsaturated/α-hetero) is 1. The summed E-state index contributed by atoms with van der Waals surface area (Å²) in [5.41, 5.74) is 2.90. The highest BCUT2D eigenvalue weighted by molar-refractivity contribution is 6.04. The van der Waals surface area contributed by atoms with E-state index in [0.717, 1.165) is 12.1 Å². The van der Waals surface area contributed by atoms with Crippen molar-refractivity contribution < 1.29 is 9.53 Å². The van der Waals surface area contributed by atoms with Crippen LogP contribution >= 0.6 is 0 Å². The molecule has 3 heteroatoms. The highest BCUT2D eigenvalue weighted by Crippen LogP contribution is 2.29. The Kier molecular flexibility index (Phi) is 3.42. The first kappa shape index (κ1) is 12.7. The van der Waals surface area contributed by atoms with Gasteiger partial charge >= 0.3 is 0 Å². The Labute approximate surface area is 118 Å². The molecule has 1 aliphatic rings. The first-order valence-corrected chi connectivity index (χ1v) is 6.90. The molecule has 0 saturated carbocycles. The molecule has 3 nitrogen and oxygen atoms in total. The lowest BCUT2D eigenvalue weighted by molar-refractivity contribution is 0.0968. The van der Waals surface area contributed by atoms with Crippen LogP contribution < -0.4 is 10.1 Å². The number of ketones is 1. The van der Waals surface area contributed by atoms with Crippen LogP contribution in [0.15, 0.2) is 48.5 Å². The number of benzene rings is 2. The number of hydrogen-bond acceptors (Lipinski definition) is 3. The molecule has 1 atom stereocenters. The van der Waals surface area contributed by atoms with E-state index in [1.807, 2.05) is 49.4 Å². The third kappa shape index (κ3) is 2.27. The Balaban J connectivity index is 1.85. The van der Waals surface area contributed by atoms with Gasteiger partial charge in [0, 0.05) is 12.1 Å². The van der Waals surface area contributed by atoms with E-state index in [1.165, 1.54) is 5.56 Å². The fourth-order valence-electron chi connectivity index (χ4n) is 2.60. The Morgan fingerprint density at radius 3 is 2.75 bits per heavy atom. The average molecular weight is 267 g/mol. The van der Waals surface area contributed by atoms with Crippen molar-refractivity contribution in [1.82, 2.24) is 0 Å². The summed E-state index contributed by atoms with van der Waals surface area (Å²) in [5.74, 6) is 0.753. The smallest absolute Gasteiger partial charge is 0.189 e. The molecular weight excluding hydrogens is 250 g/mol. The van der Waals surface area contributed by atoms with Crippen molar-refractivity contribution in [2.24, 2.45) is 0 Å². The third-order valence-electron chi connectivity index (χ3n) is 3.54. The zero-order chi connectivity index (χ0) is 13.9. The Hall–Kier alpha value is -2.29. The van der Waals surface area contributed by atoms with Gasteiger partial charge in [-0.2, -0.15) is 0 Å². The van der Waals surface area contributed by atoms with Gasteiger partial charge in [0.15, 0.2) is 5.78 Å². The van der Waals surface area contributed by atoms with E-state index in [2.05, 4.69) is 11.4 Å². The number of carbonyl (C=O) groups is 1. The van der Waals surface area contributed by atoms with Gasteiger partial charge in [0.2, 0.25) is 0 Å². The predicted octanol–water partition coefficient (Wildman–Crippen LogP) is 3.30. The maximum Gasteiger partial charge on any atom is 0.189 e. The van der Waals surface area contributed by atoms with Crippen molar-refractivity contribution in [2.75, 3.05) is 11.9 Å². The van der Waals surface area contributed by atoms with Crippen LogP contribution in [0, 0.1) is 0 Å². The molecule has 2 aromatic rings. The number of hydrogen-bond donors (Lipinski definition) is 1. The molecule has 0 amide bonds. The molecule has 0 fully saturated rings.